The average Bonchev–Trinajstić information content (AvgIpc) is 3.33. The largest absolute Gasteiger partial charge is 0.347 e. The molecular weight excluding hydrogens is 342 g/mol. The van der Waals surface area contributed by atoms with Crippen LogP contribution in [0.25, 0.3) is 0 Å². The van der Waals surface area contributed by atoms with Crippen molar-refractivity contribution in [2.75, 3.05) is 19.6 Å². The van der Waals surface area contributed by atoms with Gasteiger partial charge in [-0.25, -0.2) is 0 Å². The second-order valence-corrected chi connectivity index (χ2v) is 7.26. The van der Waals surface area contributed by atoms with Gasteiger partial charge in [0.05, 0.1) is 11.5 Å². The van der Waals surface area contributed by atoms with Crippen molar-refractivity contribution in [3.8, 4) is 0 Å². The first-order chi connectivity index (χ1) is 12.3. The first kappa shape index (κ1) is 18.9. The average molecular weight is 370 g/mol. The molecule has 5 heteroatoms. The number of carbonyl (C=O) groups is 1. The predicted molar refractivity (Wildman–Crippen MR) is 109 cm³/mol. The van der Waals surface area contributed by atoms with Gasteiger partial charge in [-0.3, -0.25) is 9.78 Å². The maximum atomic E-state index is 13.1. The molecule has 138 valence electrons. The highest BCUT2D eigenvalue weighted by molar-refractivity contribution is 7.59. The molecule has 2 heterocycles. The fourth-order valence-corrected chi connectivity index (χ4v) is 3.88. The first-order valence-corrected chi connectivity index (χ1v) is 9.27. The Labute approximate surface area is 162 Å². The van der Waals surface area contributed by atoms with Crippen molar-refractivity contribution in [1.29, 1.82) is 0 Å². The van der Waals surface area contributed by atoms with Crippen LogP contribution < -0.4 is 5.32 Å². The maximum absolute atomic E-state index is 13.1. The van der Waals surface area contributed by atoms with E-state index in [1.165, 1.54) is 18.4 Å². The fraction of sp³-hybridized carbons (Fsp3) is 0.429. The Hall–Kier alpha value is -1.85. The molecule has 1 aliphatic heterocycles. The molecule has 2 aromatic rings. The van der Waals surface area contributed by atoms with Crippen molar-refractivity contribution < 1.29 is 4.79 Å². The third kappa shape index (κ3) is 3.94. The van der Waals surface area contributed by atoms with Gasteiger partial charge in [-0.05, 0) is 62.0 Å². The van der Waals surface area contributed by atoms with Crippen LogP contribution in [0.3, 0.4) is 0 Å². The molecule has 0 spiro atoms. The molecule has 4 rings (SSSR count). The molecule has 26 heavy (non-hydrogen) atoms. The summed E-state index contributed by atoms with van der Waals surface area (Å²) in [5, 5.41) is 3.36. The Morgan fingerprint density at radius 1 is 1.08 bits per heavy atom. The number of benzene rings is 1. The number of hydrogen-bond donors (Lipinski definition) is 1. The van der Waals surface area contributed by atoms with E-state index in [0.29, 0.717) is 0 Å². The van der Waals surface area contributed by atoms with Gasteiger partial charge in [0.15, 0.2) is 0 Å². The summed E-state index contributed by atoms with van der Waals surface area (Å²) in [6.07, 6.45) is 7.93. The quantitative estimate of drug-likeness (QED) is 0.851. The number of likely N-dealkylation sites (tertiary alicyclic amines) is 1. The van der Waals surface area contributed by atoms with Gasteiger partial charge in [0, 0.05) is 18.9 Å². The Kier molecular flexibility index (Phi) is 5.99. The number of carbonyl (C=O) groups excluding carboxylic acids is 1. The molecule has 1 atom stereocenters. The normalized spacial score (nSPS) is 19.4. The SMILES string of the molecule is O=C(N[C@H](CN1CCCC1)c1ccccc1)C1(c2ccncc2)CC1.S. The monoisotopic (exact) mass is 369 g/mol. The van der Waals surface area contributed by atoms with E-state index < -0.39 is 0 Å². The van der Waals surface area contributed by atoms with Crippen molar-refractivity contribution in [2.45, 2.75) is 37.1 Å². The van der Waals surface area contributed by atoms with Gasteiger partial charge in [0.25, 0.3) is 0 Å². The molecule has 1 amide bonds. The minimum absolute atomic E-state index is 0. The summed E-state index contributed by atoms with van der Waals surface area (Å²) in [6.45, 7) is 3.16. The van der Waals surface area contributed by atoms with E-state index in [1.807, 2.05) is 30.3 Å². The van der Waals surface area contributed by atoms with Crippen LogP contribution in [0.5, 0.6) is 0 Å². The molecule has 1 aromatic heterocycles. The minimum Gasteiger partial charge on any atom is -0.347 e. The van der Waals surface area contributed by atoms with E-state index in [-0.39, 0.29) is 30.9 Å². The summed E-state index contributed by atoms with van der Waals surface area (Å²) in [4.78, 5) is 19.7. The number of rotatable bonds is 6. The molecule has 2 aliphatic rings. The molecule has 1 N–H and O–H groups in total. The van der Waals surface area contributed by atoms with Crippen LogP contribution in [0.15, 0.2) is 54.9 Å². The molecule has 4 nitrogen and oxygen atoms in total. The molecular formula is C21H27N3OS. The second kappa shape index (κ2) is 8.23. The molecule has 1 aliphatic carbocycles. The number of hydrogen-bond acceptors (Lipinski definition) is 3. The van der Waals surface area contributed by atoms with Gasteiger partial charge in [-0.15, -0.1) is 0 Å². The van der Waals surface area contributed by atoms with Gasteiger partial charge < -0.3 is 10.2 Å². The number of nitrogens with one attached hydrogen (secondary N) is 1. The summed E-state index contributed by atoms with van der Waals surface area (Å²) in [7, 11) is 0. The lowest BCUT2D eigenvalue weighted by molar-refractivity contribution is -0.124. The summed E-state index contributed by atoms with van der Waals surface area (Å²) in [6, 6.07) is 14.4. The van der Waals surface area contributed by atoms with E-state index in [4.69, 9.17) is 0 Å². The molecule has 1 saturated heterocycles. The predicted octanol–water partition coefficient (Wildman–Crippen LogP) is 3.18. The van der Waals surface area contributed by atoms with E-state index in [0.717, 1.165) is 38.0 Å². The highest BCUT2D eigenvalue weighted by Crippen LogP contribution is 2.48. The van der Waals surface area contributed by atoms with E-state index in [2.05, 4.69) is 27.3 Å². The van der Waals surface area contributed by atoms with Crippen molar-refractivity contribution in [2.24, 2.45) is 0 Å². The fourth-order valence-electron chi connectivity index (χ4n) is 3.88. The molecule has 1 saturated carbocycles. The van der Waals surface area contributed by atoms with Crippen LogP contribution in [0.2, 0.25) is 0 Å². The van der Waals surface area contributed by atoms with E-state index in [9.17, 15) is 4.79 Å². The number of nitrogens with zero attached hydrogens (tertiary/aromatic N) is 2. The third-order valence-corrected chi connectivity index (χ3v) is 5.56. The summed E-state index contributed by atoms with van der Waals surface area (Å²) in [5.74, 6) is 0.159. The van der Waals surface area contributed by atoms with Crippen molar-refractivity contribution >= 4 is 19.4 Å². The molecule has 2 fully saturated rings. The molecule has 0 bridgehead atoms. The third-order valence-electron chi connectivity index (χ3n) is 5.56. The van der Waals surface area contributed by atoms with E-state index >= 15 is 0 Å². The minimum atomic E-state index is -0.346. The second-order valence-electron chi connectivity index (χ2n) is 7.26. The van der Waals surface area contributed by atoms with Gasteiger partial charge in [0.2, 0.25) is 5.91 Å². The van der Waals surface area contributed by atoms with Crippen LogP contribution in [-0.2, 0) is 10.2 Å². The summed E-state index contributed by atoms with van der Waals surface area (Å²) >= 11 is 0. The highest BCUT2D eigenvalue weighted by Gasteiger charge is 2.51. The van der Waals surface area contributed by atoms with E-state index in [1.54, 1.807) is 12.4 Å². The van der Waals surface area contributed by atoms with Crippen molar-refractivity contribution in [1.82, 2.24) is 15.2 Å². The Balaban J connectivity index is 0.00000196. The lowest BCUT2D eigenvalue weighted by Gasteiger charge is -2.27. The lowest BCUT2D eigenvalue weighted by atomic mass is 9.95. The van der Waals surface area contributed by atoms with Gasteiger partial charge in [0.1, 0.15) is 0 Å². The maximum Gasteiger partial charge on any atom is 0.231 e. The van der Waals surface area contributed by atoms with Crippen molar-refractivity contribution in [3.05, 3.63) is 66.0 Å². The zero-order chi connectivity index (χ0) is 17.1. The first-order valence-electron chi connectivity index (χ1n) is 9.27. The Bertz CT molecular complexity index is 713. The number of aromatic nitrogens is 1. The van der Waals surface area contributed by atoms with Crippen LogP contribution >= 0.6 is 13.5 Å². The van der Waals surface area contributed by atoms with Gasteiger partial charge in [-0.1, -0.05) is 30.3 Å². The Morgan fingerprint density at radius 2 is 1.73 bits per heavy atom. The lowest BCUT2D eigenvalue weighted by Crippen LogP contribution is -2.41. The number of amides is 1. The summed E-state index contributed by atoms with van der Waals surface area (Å²) in [5.41, 5.74) is 1.93. The van der Waals surface area contributed by atoms with Crippen LogP contribution in [0.4, 0.5) is 0 Å². The van der Waals surface area contributed by atoms with Crippen LogP contribution in [-0.4, -0.2) is 35.4 Å². The molecule has 0 unspecified atom stereocenters. The smallest absolute Gasteiger partial charge is 0.231 e. The summed E-state index contributed by atoms with van der Waals surface area (Å²) < 4.78 is 0. The topological polar surface area (TPSA) is 45.2 Å². The highest BCUT2D eigenvalue weighted by atomic mass is 32.1. The van der Waals surface area contributed by atoms with Gasteiger partial charge in [-0.2, -0.15) is 13.5 Å². The molecule has 1 aromatic carbocycles. The zero-order valence-electron chi connectivity index (χ0n) is 15.0. The van der Waals surface area contributed by atoms with Crippen molar-refractivity contribution in [3.63, 3.8) is 0 Å². The molecule has 0 radical (unpaired) electrons. The van der Waals surface area contributed by atoms with Crippen LogP contribution in [0.1, 0.15) is 42.9 Å². The Morgan fingerprint density at radius 3 is 2.35 bits per heavy atom. The zero-order valence-corrected chi connectivity index (χ0v) is 16.0. The number of pyridine rings is 1. The van der Waals surface area contributed by atoms with Gasteiger partial charge >= 0.3 is 0 Å². The standard InChI is InChI=1S/C21H25N3O.H2S/c25-20(21(10-11-21)18-8-12-22-13-9-18)23-19(16-24-14-4-5-15-24)17-6-2-1-3-7-17;/h1-3,6-9,12-13,19H,4-5,10-11,14-16H2,(H,23,25);1H2/t19-;/m1./s1. The van der Waals surface area contributed by atoms with Crippen LogP contribution in [0, 0.1) is 0 Å².